The van der Waals surface area contributed by atoms with Crippen LogP contribution < -0.4 is 0 Å². The van der Waals surface area contributed by atoms with E-state index in [9.17, 15) is 9.59 Å². The van der Waals surface area contributed by atoms with Gasteiger partial charge in [-0.3, -0.25) is 9.59 Å². The van der Waals surface area contributed by atoms with Crippen molar-refractivity contribution in [2.45, 2.75) is 12.7 Å². The lowest BCUT2D eigenvalue weighted by Crippen LogP contribution is -2.32. The highest BCUT2D eigenvalue weighted by Gasteiger charge is 2.42. The molecule has 0 fully saturated rings. The third-order valence-corrected chi connectivity index (χ3v) is 2.99. The summed E-state index contributed by atoms with van der Waals surface area (Å²) in [6.45, 7) is 0.380. The number of rotatable bonds is 3. The van der Waals surface area contributed by atoms with E-state index in [4.69, 9.17) is 4.74 Å². The fraction of sp³-hybridized carbons (Fsp3) is 0.385. The van der Waals surface area contributed by atoms with Crippen LogP contribution in [0, 0.1) is 5.92 Å². The minimum absolute atomic E-state index is 0.380. The molecule has 0 radical (unpaired) electrons. The molecule has 1 aromatic carbocycles. The molecule has 0 N–H and O–H groups in total. The monoisotopic (exact) mass is 250 g/mol. The van der Waals surface area contributed by atoms with Gasteiger partial charge >= 0.3 is 11.9 Å². The molecule has 1 aliphatic heterocycles. The van der Waals surface area contributed by atoms with Crippen molar-refractivity contribution < 1.29 is 23.8 Å². The molecule has 1 unspecified atom stereocenters. The summed E-state index contributed by atoms with van der Waals surface area (Å²) in [7, 11) is 2.47. The van der Waals surface area contributed by atoms with Crippen molar-refractivity contribution in [3.8, 4) is 0 Å². The van der Waals surface area contributed by atoms with Gasteiger partial charge in [0.1, 0.15) is 6.10 Å². The predicted octanol–water partition coefficient (Wildman–Crippen LogP) is 1.22. The van der Waals surface area contributed by atoms with Crippen LogP contribution in [0.3, 0.4) is 0 Å². The Morgan fingerprint density at radius 3 is 2.44 bits per heavy atom. The zero-order chi connectivity index (χ0) is 13.1. The third kappa shape index (κ3) is 2.09. The summed E-state index contributed by atoms with van der Waals surface area (Å²) in [5, 5.41) is 0. The van der Waals surface area contributed by atoms with E-state index in [0.29, 0.717) is 6.61 Å². The average Bonchev–Trinajstić information content (AvgIpc) is 2.82. The van der Waals surface area contributed by atoms with Crippen LogP contribution in [0.1, 0.15) is 17.2 Å². The highest BCUT2D eigenvalue weighted by molar-refractivity contribution is 5.95. The van der Waals surface area contributed by atoms with E-state index in [1.807, 2.05) is 24.3 Å². The Balaban J connectivity index is 2.34. The molecule has 1 atom stereocenters. The first-order valence-electron chi connectivity index (χ1n) is 5.54. The summed E-state index contributed by atoms with van der Waals surface area (Å²) in [5.74, 6) is -2.38. The van der Waals surface area contributed by atoms with Crippen LogP contribution in [0.5, 0.6) is 0 Å². The van der Waals surface area contributed by atoms with Crippen molar-refractivity contribution in [1.29, 1.82) is 0 Å². The standard InChI is InChI=1S/C13H14O5/c1-16-12(14)10(13(15)17-2)11-9-6-4-3-5-8(9)7-18-11/h3-6,10-11H,7H2,1-2H3. The summed E-state index contributed by atoms with van der Waals surface area (Å²) < 4.78 is 14.8. The van der Waals surface area contributed by atoms with Crippen molar-refractivity contribution in [3.05, 3.63) is 35.4 Å². The molecule has 96 valence electrons. The number of ether oxygens (including phenoxy) is 3. The quantitative estimate of drug-likeness (QED) is 0.596. The van der Waals surface area contributed by atoms with Crippen LogP contribution in [0.2, 0.25) is 0 Å². The van der Waals surface area contributed by atoms with Crippen LogP contribution in [-0.4, -0.2) is 26.2 Å². The maximum absolute atomic E-state index is 11.7. The Morgan fingerprint density at radius 2 is 1.83 bits per heavy atom. The second-order valence-corrected chi connectivity index (χ2v) is 3.95. The number of benzene rings is 1. The second-order valence-electron chi connectivity index (χ2n) is 3.95. The normalized spacial score (nSPS) is 17.4. The number of hydrogen-bond donors (Lipinski definition) is 0. The largest absolute Gasteiger partial charge is 0.468 e. The zero-order valence-electron chi connectivity index (χ0n) is 10.2. The first-order chi connectivity index (χ1) is 8.69. The SMILES string of the molecule is COC(=O)C(C(=O)OC)C1OCc2ccccc21. The molecule has 0 saturated carbocycles. The minimum Gasteiger partial charge on any atom is -0.468 e. The molecular weight excluding hydrogens is 236 g/mol. The van der Waals surface area contributed by atoms with Gasteiger partial charge in [-0.1, -0.05) is 24.3 Å². The van der Waals surface area contributed by atoms with E-state index in [1.54, 1.807) is 0 Å². The Morgan fingerprint density at radius 1 is 1.22 bits per heavy atom. The highest BCUT2D eigenvalue weighted by atomic mass is 16.6. The molecule has 0 saturated heterocycles. The van der Waals surface area contributed by atoms with Gasteiger partial charge in [-0.05, 0) is 11.1 Å². The van der Waals surface area contributed by atoms with Crippen molar-refractivity contribution in [1.82, 2.24) is 0 Å². The van der Waals surface area contributed by atoms with Crippen molar-refractivity contribution in [2.75, 3.05) is 14.2 Å². The molecular formula is C13H14O5. The van der Waals surface area contributed by atoms with Gasteiger partial charge in [-0.2, -0.15) is 0 Å². The van der Waals surface area contributed by atoms with Crippen LogP contribution >= 0.6 is 0 Å². The van der Waals surface area contributed by atoms with Gasteiger partial charge in [-0.15, -0.1) is 0 Å². The number of carbonyl (C=O) groups is 2. The van der Waals surface area contributed by atoms with E-state index in [0.717, 1.165) is 11.1 Å². The smallest absolute Gasteiger partial charge is 0.323 e. The summed E-state index contributed by atoms with van der Waals surface area (Å²) in [6.07, 6.45) is -0.638. The highest BCUT2D eigenvalue weighted by Crippen LogP contribution is 2.36. The van der Waals surface area contributed by atoms with Gasteiger partial charge in [-0.25, -0.2) is 0 Å². The molecule has 0 bridgehead atoms. The minimum atomic E-state index is -1.08. The van der Waals surface area contributed by atoms with Crippen LogP contribution in [0.15, 0.2) is 24.3 Å². The van der Waals surface area contributed by atoms with Crippen LogP contribution in [0.4, 0.5) is 0 Å². The summed E-state index contributed by atoms with van der Waals surface area (Å²) in [4.78, 5) is 23.4. The molecule has 1 heterocycles. The molecule has 0 aliphatic carbocycles. The van der Waals surface area contributed by atoms with E-state index in [2.05, 4.69) is 9.47 Å². The van der Waals surface area contributed by atoms with Gasteiger partial charge in [0.2, 0.25) is 0 Å². The first kappa shape index (κ1) is 12.6. The van der Waals surface area contributed by atoms with Crippen molar-refractivity contribution in [2.24, 2.45) is 5.92 Å². The number of methoxy groups -OCH3 is 2. The summed E-state index contributed by atoms with van der Waals surface area (Å²) in [6, 6.07) is 7.47. The molecule has 5 heteroatoms. The van der Waals surface area contributed by atoms with Gasteiger partial charge in [0.05, 0.1) is 20.8 Å². The third-order valence-electron chi connectivity index (χ3n) is 2.99. The molecule has 0 aromatic heterocycles. The second kappa shape index (κ2) is 5.18. The lowest BCUT2D eigenvalue weighted by atomic mass is 9.94. The Kier molecular flexibility index (Phi) is 3.62. The predicted molar refractivity (Wildman–Crippen MR) is 61.5 cm³/mol. The molecule has 5 nitrogen and oxygen atoms in total. The number of hydrogen-bond acceptors (Lipinski definition) is 5. The van der Waals surface area contributed by atoms with Gasteiger partial charge in [0.15, 0.2) is 5.92 Å². The Labute approximate surface area is 105 Å². The Hall–Kier alpha value is -1.88. The molecule has 18 heavy (non-hydrogen) atoms. The fourth-order valence-corrected chi connectivity index (χ4v) is 2.09. The lowest BCUT2D eigenvalue weighted by molar-refractivity contribution is -0.166. The Bertz CT molecular complexity index is 452. The van der Waals surface area contributed by atoms with Crippen molar-refractivity contribution >= 4 is 11.9 Å². The van der Waals surface area contributed by atoms with Crippen LogP contribution in [0.25, 0.3) is 0 Å². The first-order valence-corrected chi connectivity index (χ1v) is 5.54. The summed E-state index contributed by atoms with van der Waals surface area (Å²) >= 11 is 0. The van der Waals surface area contributed by atoms with E-state index < -0.39 is 24.0 Å². The van der Waals surface area contributed by atoms with Gasteiger partial charge in [0, 0.05) is 0 Å². The average molecular weight is 250 g/mol. The molecule has 1 aromatic rings. The lowest BCUT2D eigenvalue weighted by Gasteiger charge is -2.19. The summed E-state index contributed by atoms with van der Waals surface area (Å²) in [5.41, 5.74) is 1.80. The molecule has 1 aliphatic rings. The van der Waals surface area contributed by atoms with Gasteiger partial charge in [0.25, 0.3) is 0 Å². The zero-order valence-corrected chi connectivity index (χ0v) is 10.2. The number of carbonyl (C=O) groups excluding carboxylic acids is 2. The number of esters is 2. The van der Waals surface area contributed by atoms with E-state index in [-0.39, 0.29) is 0 Å². The fourth-order valence-electron chi connectivity index (χ4n) is 2.09. The molecule has 2 rings (SSSR count). The van der Waals surface area contributed by atoms with Gasteiger partial charge < -0.3 is 14.2 Å². The van der Waals surface area contributed by atoms with Crippen molar-refractivity contribution in [3.63, 3.8) is 0 Å². The maximum Gasteiger partial charge on any atom is 0.323 e. The van der Waals surface area contributed by atoms with E-state index >= 15 is 0 Å². The van der Waals surface area contributed by atoms with E-state index in [1.165, 1.54) is 14.2 Å². The molecule has 0 amide bonds. The van der Waals surface area contributed by atoms with Crippen LogP contribution in [-0.2, 0) is 30.4 Å². The number of fused-ring (bicyclic) bond motifs is 1. The topological polar surface area (TPSA) is 61.8 Å². The molecule has 0 spiro atoms. The maximum atomic E-state index is 11.7.